The molecule has 2 rings (SSSR count). The van der Waals surface area contributed by atoms with Gasteiger partial charge in [-0.25, -0.2) is 0 Å². The van der Waals surface area contributed by atoms with Crippen molar-refractivity contribution < 1.29 is 9.59 Å². The van der Waals surface area contributed by atoms with Gasteiger partial charge >= 0.3 is 0 Å². The first kappa shape index (κ1) is 16.6. The summed E-state index contributed by atoms with van der Waals surface area (Å²) in [7, 11) is 0. The number of benzene rings is 2. The second-order valence-corrected chi connectivity index (χ2v) is 5.39. The molecule has 5 nitrogen and oxygen atoms in total. The highest BCUT2D eigenvalue weighted by Crippen LogP contribution is 2.20. The van der Waals surface area contributed by atoms with Crippen molar-refractivity contribution in [3.8, 4) is 0 Å². The Bertz CT molecular complexity index is 745. The van der Waals surface area contributed by atoms with Crippen LogP contribution >= 0.6 is 12.2 Å². The van der Waals surface area contributed by atoms with Crippen LogP contribution in [0.5, 0.6) is 0 Å². The average Bonchev–Trinajstić information content (AvgIpc) is 2.51. The fraction of sp³-hybridized carbons (Fsp3) is 0.118. The molecule has 118 valence electrons. The standard InChI is InChI=1S/C17H17N3O2S/c1-11-8-9-14(10-15(11)18-12(2)21)19-17(23)20-16(22)13-6-4-3-5-7-13/h3-10H,1-2H3,(H,18,21)(H2,19,20,22,23). The van der Waals surface area contributed by atoms with Crippen molar-refractivity contribution in [2.45, 2.75) is 13.8 Å². The summed E-state index contributed by atoms with van der Waals surface area (Å²) in [6.45, 7) is 3.34. The van der Waals surface area contributed by atoms with Gasteiger partial charge in [0, 0.05) is 23.9 Å². The summed E-state index contributed by atoms with van der Waals surface area (Å²) in [6, 6.07) is 14.3. The average molecular weight is 327 g/mol. The van der Waals surface area contributed by atoms with Gasteiger partial charge < -0.3 is 10.6 Å². The van der Waals surface area contributed by atoms with E-state index in [1.165, 1.54) is 6.92 Å². The van der Waals surface area contributed by atoms with E-state index in [4.69, 9.17) is 12.2 Å². The van der Waals surface area contributed by atoms with Crippen LogP contribution in [0.4, 0.5) is 11.4 Å². The third-order valence-electron chi connectivity index (χ3n) is 3.07. The molecular formula is C17H17N3O2S. The number of carbonyl (C=O) groups excluding carboxylic acids is 2. The highest BCUT2D eigenvalue weighted by atomic mass is 32.1. The first-order chi connectivity index (χ1) is 11.0. The number of thiocarbonyl (C=S) groups is 1. The van der Waals surface area contributed by atoms with E-state index in [2.05, 4.69) is 16.0 Å². The minimum atomic E-state index is -0.280. The van der Waals surface area contributed by atoms with Crippen LogP contribution in [0.25, 0.3) is 0 Å². The van der Waals surface area contributed by atoms with Gasteiger partial charge in [-0.05, 0) is 49.0 Å². The van der Waals surface area contributed by atoms with E-state index >= 15 is 0 Å². The molecule has 0 aliphatic carbocycles. The van der Waals surface area contributed by atoms with Crippen molar-refractivity contribution in [2.75, 3.05) is 10.6 Å². The van der Waals surface area contributed by atoms with Gasteiger partial charge in [0.15, 0.2) is 5.11 Å². The Morgan fingerprint density at radius 1 is 1.00 bits per heavy atom. The van der Waals surface area contributed by atoms with Crippen LogP contribution in [0.2, 0.25) is 0 Å². The van der Waals surface area contributed by atoms with E-state index in [0.29, 0.717) is 16.9 Å². The molecular weight excluding hydrogens is 310 g/mol. The summed E-state index contributed by atoms with van der Waals surface area (Å²) in [5, 5.41) is 8.48. The molecule has 0 aliphatic rings. The normalized spacial score (nSPS) is 9.83. The Morgan fingerprint density at radius 3 is 2.35 bits per heavy atom. The molecule has 0 atom stereocenters. The number of carbonyl (C=O) groups is 2. The van der Waals surface area contributed by atoms with Gasteiger partial charge in [-0.3, -0.25) is 14.9 Å². The molecule has 0 radical (unpaired) electrons. The number of rotatable bonds is 3. The zero-order valence-electron chi connectivity index (χ0n) is 12.8. The monoisotopic (exact) mass is 327 g/mol. The summed E-state index contributed by atoms with van der Waals surface area (Å²) in [5.41, 5.74) is 2.84. The lowest BCUT2D eigenvalue weighted by Crippen LogP contribution is -2.34. The fourth-order valence-electron chi connectivity index (χ4n) is 1.95. The summed E-state index contributed by atoms with van der Waals surface area (Å²) < 4.78 is 0. The van der Waals surface area contributed by atoms with Crippen LogP contribution in [-0.4, -0.2) is 16.9 Å². The van der Waals surface area contributed by atoms with Crippen LogP contribution in [-0.2, 0) is 4.79 Å². The maximum absolute atomic E-state index is 12.0. The van der Waals surface area contributed by atoms with Crippen LogP contribution in [0.15, 0.2) is 48.5 Å². The Balaban J connectivity index is 2.03. The first-order valence-electron chi connectivity index (χ1n) is 7.01. The fourth-order valence-corrected chi connectivity index (χ4v) is 2.16. The zero-order valence-corrected chi connectivity index (χ0v) is 13.7. The molecule has 0 saturated carbocycles. The van der Waals surface area contributed by atoms with E-state index in [1.54, 1.807) is 30.3 Å². The SMILES string of the molecule is CC(=O)Nc1cc(NC(=S)NC(=O)c2ccccc2)ccc1C. The largest absolute Gasteiger partial charge is 0.332 e. The summed E-state index contributed by atoms with van der Waals surface area (Å²) in [6.07, 6.45) is 0. The Kier molecular flexibility index (Phi) is 5.43. The van der Waals surface area contributed by atoms with Crippen molar-refractivity contribution >= 4 is 40.5 Å². The maximum atomic E-state index is 12.0. The zero-order chi connectivity index (χ0) is 16.8. The highest BCUT2D eigenvalue weighted by molar-refractivity contribution is 7.80. The Hall–Kier alpha value is -2.73. The third kappa shape index (κ3) is 4.89. The Morgan fingerprint density at radius 2 is 1.70 bits per heavy atom. The van der Waals surface area contributed by atoms with E-state index in [1.807, 2.05) is 25.1 Å². The quantitative estimate of drug-likeness (QED) is 0.758. The topological polar surface area (TPSA) is 70.2 Å². The molecule has 0 heterocycles. The second kappa shape index (κ2) is 7.51. The number of amides is 2. The smallest absolute Gasteiger partial charge is 0.257 e. The second-order valence-electron chi connectivity index (χ2n) is 4.99. The van der Waals surface area contributed by atoms with E-state index in [9.17, 15) is 9.59 Å². The van der Waals surface area contributed by atoms with Crippen LogP contribution in [0.3, 0.4) is 0 Å². The van der Waals surface area contributed by atoms with Gasteiger partial charge in [0.25, 0.3) is 5.91 Å². The van der Waals surface area contributed by atoms with Crippen LogP contribution in [0.1, 0.15) is 22.8 Å². The van der Waals surface area contributed by atoms with Crippen molar-refractivity contribution in [1.29, 1.82) is 0 Å². The molecule has 0 saturated heterocycles. The van der Waals surface area contributed by atoms with Gasteiger partial charge in [-0.2, -0.15) is 0 Å². The lowest BCUT2D eigenvalue weighted by Gasteiger charge is -2.12. The van der Waals surface area contributed by atoms with Crippen LogP contribution in [0, 0.1) is 6.92 Å². The molecule has 0 spiro atoms. The lowest BCUT2D eigenvalue weighted by molar-refractivity contribution is -0.114. The minimum absolute atomic E-state index is 0.148. The van der Waals surface area contributed by atoms with E-state index in [0.717, 1.165) is 5.56 Å². The highest BCUT2D eigenvalue weighted by Gasteiger charge is 2.08. The first-order valence-corrected chi connectivity index (χ1v) is 7.42. The molecule has 2 amide bonds. The number of aryl methyl sites for hydroxylation is 1. The minimum Gasteiger partial charge on any atom is -0.332 e. The summed E-state index contributed by atoms with van der Waals surface area (Å²) >= 11 is 5.15. The van der Waals surface area contributed by atoms with Crippen molar-refractivity contribution in [1.82, 2.24) is 5.32 Å². The summed E-state index contributed by atoms with van der Waals surface area (Å²) in [5.74, 6) is -0.428. The number of hydrogen-bond acceptors (Lipinski definition) is 3. The van der Waals surface area contributed by atoms with Crippen molar-refractivity contribution in [2.24, 2.45) is 0 Å². The number of anilines is 2. The molecule has 23 heavy (non-hydrogen) atoms. The molecule has 0 fully saturated rings. The van der Waals surface area contributed by atoms with Gasteiger partial charge in [-0.15, -0.1) is 0 Å². The van der Waals surface area contributed by atoms with Crippen molar-refractivity contribution in [3.05, 3.63) is 59.7 Å². The predicted molar refractivity (Wildman–Crippen MR) is 95.6 cm³/mol. The molecule has 0 unspecified atom stereocenters. The molecule has 0 aliphatic heterocycles. The van der Waals surface area contributed by atoms with E-state index < -0.39 is 0 Å². The molecule has 2 aromatic carbocycles. The molecule has 6 heteroatoms. The van der Waals surface area contributed by atoms with Gasteiger partial charge in [0.1, 0.15) is 0 Å². The lowest BCUT2D eigenvalue weighted by atomic mass is 10.2. The Labute approximate surface area is 140 Å². The predicted octanol–water partition coefficient (Wildman–Crippen LogP) is 3.08. The third-order valence-corrected chi connectivity index (χ3v) is 3.27. The van der Waals surface area contributed by atoms with Gasteiger partial charge in [0.2, 0.25) is 5.91 Å². The van der Waals surface area contributed by atoms with Gasteiger partial charge in [-0.1, -0.05) is 24.3 Å². The van der Waals surface area contributed by atoms with Gasteiger partial charge in [0.05, 0.1) is 0 Å². The molecule has 0 aromatic heterocycles. The number of nitrogens with one attached hydrogen (secondary N) is 3. The van der Waals surface area contributed by atoms with Crippen LogP contribution < -0.4 is 16.0 Å². The van der Waals surface area contributed by atoms with Crippen molar-refractivity contribution in [3.63, 3.8) is 0 Å². The summed E-state index contributed by atoms with van der Waals surface area (Å²) in [4.78, 5) is 23.2. The maximum Gasteiger partial charge on any atom is 0.257 e. The molecule has 3 N–H and O–H groups in total. The van der Waals surface area contributed by atoms with E-state index in [-0.39, 0.29) is 16.9 Å². The molecule has 0 bridgehead atoms. The number of hydrogen-bond donors (Lipinski definition) is 3. The molecule has 2 aromatic rings.